The van der Waals surface area contributed by atoms with Crippen LogP contribution in [-0.2, 0) is 4.79 Å². The molecule has 0 unspecified atom stereocenters. The summed E-state index contributed by atoms with van der Waals surface area (Å²) in [4.78, 5) is 13.0. The fourth-order valence-electron chi connectivity index (χ4n) is 1.70. The van der Waals surface area contributed by atoms with Crippen LogP contribution in [0.1, 0.15) is 13.8 Å². The first-order valence-corrected chi connectivity index (χ1v) is 6.54. The Morgan fingerprint density at radius 1 is 1.22 bits per heavy atom. The minimum Gasteiger partial charge on any atom is -0.484 e. The molecule has 0 aliphatic rings. The minimum atomic E-state index is -0.0644. The molecular weight excluding hydrogens is 228 g/mol. The van der Waals surface area contributed by atoms with Gasteiger partial charge in [-0.3, -0.25) is 4.79 Å². The first kappa shape index (κ1) is 14.5. The van der Waals surface area contributed by atoms with Crippen molar-refractivity contribution in [1.29, 1.82) is 0 Å². The molecule has 18 heavy (non-hydrogen) atoms. The molecule has 0 aromatic heterocycles. The quantitative estimate of drug-likeness (QED) is 0.688. The Morgan fingerprint density at radius 3 is 2.50 bits per heavy atom. The second-order valence-corrected chi connectivity index (χ2v) is 4.16. The molecule has 1 aromatic carbocycles. The van der Waals surface area contributed by atoms with Gasteiger partial charge >= 0.3 is 0 Å². The maximum absolute atomic E-state index is 11.5. The van der Waals surface area contributed by atoms with Gasteiger partial charge in [0.1, 0.15) is 5.75 Å². The Hall–Kier alpha value is -1.55. The monoisotopic (exact) mass is 251 g/mol. The fourth-order valence-corrected chi connectivity index (χ4v) is 1.70. The number of hydrogen-bond donors (Lipinski definition) is 2. The fraction of sp³-hybridized carbons (Fsp3) is 0.500. The topological polar surface area (TPSA) is 42.8 Å². The summed E-state index contributed by atoms with van der Waals surface area (Å²) in [6.45, 7) is 8.23. The molecule has 1 aromatic rings. The van der Waals surface area contributed by atoms with E-state index in [1.54, 1.807) is 0 Å². The van der Waals surface area contributed by atoms with Gasteiger partial charge in [0, 0.05) is 0 Å². The van der Waals surface area contributed by atoms with Crippen LogP contribution in [0.4, 0.5) is 0 Å². The van der Waals surface area contributed by atoms with Crippen molar-refractivity contribution in [2.75, 3.05) is 32.8 Å². The van der Waals surface area contributed by atoms with Gasteiger partial charge in [0.15, 0.2) is 6.61 Å². The molecule has 0 spiro atoms. The first-order chi connectivity index (χ1) is 8.76. The number of ether oxygens (including phenoxy) is 1. The van der Waals surface area contributed by atoms with Crippen LogP contribution in [0.2, 0.25) is 0 Å². The van der Waals surface area contributed by atoms with Crippen LogP contribution in [0.3, 0.4) is 0 Å². The third-order valence-corrected chi connectivity index (χ3v) is 2.91. The molecule has 0 fully saturated rings. The van der Waals surface area contributed by atoms with E-state index in [-0.39, 0.29) is 12.5 Å². The average Bonchev–Trinajstić information content (AvgIpc) is 2.42. The zero-order chi connectivity index (χ0) is 13.2. The van der Waals surface area contributed by atoms with E-state index in [0.29, 0.717) is 6.54 Å². The standard InChI is InChI=1S/C14H22N2O2/c1-3-16(4-2)11-10-15-14(17)12-18-13-8-6-5-7-9-13/h5-9H,3-4,10-12H2,1-2H3,(H,15,17)/p+1. The second kappa shape index (κ2) is 8.53. The van der Waals surface area contributed by atoms with Crippen molar-refractivity contribution in [3.8, 4) is 5.75 Å². The lowest BCUT2D eigenvalue weighted by Gasteiger charge is -2.15. The largest absolute Gasteiger partial charge is 0.484 e. The number of nitrogens with one attached hydrogen (secondary N) is 2. The molecule has 0 saturated carbocycles. The third-order valence-electron chi connectivity index (χ3n) is 2.91. The van der Waals surface area contributed by atoms with Gasteiger partial charge in [0.25, 0.3) is 5.91 Å². The van der Waals surface area contributed by atoms with Crippen molar-refractivity contribution in [3.05, 3.63) is 30.3 Å². The van der Waals surface area contributed by atoms with Crippen molar-refractivity contribution < 1.29 is 14.4 Å². The number of carbonyl (C=O) groups excluding carboxylic acids is 1. The lowest BCUT2D eigenvalue weighted by atomic mass is 10.3. The van der Waals surface area contributed by atoms with Crippen molar-refractivity contribution in [3.63, 3.8) is 0 Å². The Kier molecular flexibility index (Phi) is 6.87. The Labute approximate surface area is 109 Å². The van der Waals surface area contributed by atoms with E-state index < -0.39 is 0 Å². The summed E-state index contributed by atoms with van der Waals surface area (Å²) < 4.78 is 5.36. The summed E-state index contributed by atoms with van der Waals surface area (Å²) in [5.74, 6) is 0.660. The predicted octanol–water partition coefficient (Wildman–Crippen LogP) is 0.106. The maximum Gasteiger partial charge on any atom is 0.258 e. The van der Waals surface area contributed by atoms with Crippen LogP contribution in [-0.4, -0.2) is 38.7 Å². The highest BCUT2D eigenvalue weighted by Gasteiger charge is 2.05. The van der Waals surface area contributed by atoms with E-state index in [1.807, 2.05) is 30.3 Å². The molecule has 0 aliphatic carbocycles. The second-order valence-electron chi connectivity index (χ2n) is 4.16. The van der Waals surface area contributed by atoms with Crippen LogP contribution in [0.5, 0.6) is 5.75 Å². The summed E-state index contributed by atoms with van der Waals surface area (Å²) in [6.07, 6.45) is 0. The molecule has 4 nitrogen and oxygen atoms in total. The lowest BCUT2D eigenvalue weighted by Crippen LogP contribution is -3.12. The molecule has 2 N–H and O–H groups in total. The molecule has 1 amide bonds. The number of benzene rings is 1. The Balaban J connectivity index is 2.14. The van der Waals surface area contributed by atoms with Crippen molar-refractivity contribution in [2.24, 2.45) is 0 Å². The SMILES string of the molecule is CC[NH+](CC)CCNC(=O)COc1ccccc1. The number of likely N-dealkylation sites (N-methyl/N-ethyl adjacent to an activating group) is 1. The molecule has 0 heterocycles. The van der Waals surface area contributed by atoms with Gasteiger partial charge in [0.05, 0.1) is 26.2 Å². The molecule has 1 rings (SSSR count). The highest BCUT2D eigenvalue weighted by molar-refractivity contribution is 5.77. The number of para-hydroxylation sites is 1. The van der Waals surface area contributed by atoms with Gasteiger partial charge in [-0.15, -0.1) is 0 Å². The van der Waals surface area contributed by atoms with E-state index in [1.165, 1.54) is 4.90 Å². The Morgan fingerprint density at radius 2 is 1.89 bits per heavy atom. The summed E-state index contributed by atoms with van der Waals surface area (Å²) >= 11 is 0. The molecular formula is C14H23N2O2+. The van der Waals surface area contributed by atoms with Crippen LogP contribution in [0.25, 0.3) is 0 Å². The van der Waals surface area contributed by atoms with Gasteiger partial charge in [-0.2, -0.15) is 0 Å². The number of hydrogen-bond acceptors (Lipinski definition) is 2. The number of quaternary nitrogens is 1. The van der Waals surface area contributed by atoms with Gasteiger partial charge < -0.3 is 15.0 Å². The zero-order valence-electron chi connectivity index (χ0n) is 11.2. The highest BCUT2D eigenvalue weighted by atomic mass is 16.5. The van der Waals surface area contributed by atoms with E-state index >= 15 is 0 Å². The molecule has 0 saturated heterocycles. The lowest BCUT2D eigenvalue weighted by molar-refractivity contribution is -0.895. The van der Waals surface area contributed by atoms with E-state index in [2.05, 4.69) is 19.2 Å². The van der Waals surface area contributed by atoms with E-state index in [9.17, 15) is 4.79 Å². The molecule has 100 valence electrons. The highest BCUT2D eigenvalue weighted by Crippen LogP contribution is 2.07. The number of rotatable bonds is 8. The van der Waals surface area contributed by atoms with Gasteiger partial charge in [-0.25, -0.2) is 0 Å². The first-order valence-electron chi connectivity index (χ1n) is 6.54. The molecule has 0 radical (unpaired) electrons. The van der Waals surface area contributed by atoms with Gasteiger partial charge in [-0.1, -0.05) is 18.2 Å². The molecule has 0 atom stereocenters. The zero-order valence-corrected chi connectivity index (χ0v) is 11.2. The van der Waals surface area contributed by atoms with Gasteiger partial charge in [0.2, 0.25) is 0 Å². The summed E-state index contributed by atoms with van der Waals surface area (Å²) in [6, 6.07) is 9.37. The van der Waals surface area contributed by atoms with Crippen LogP contribution in [0, 0.1) is 0 Å². The van der Waals surface area contributed by atoms with Crippen LogP contribution >= 0.6 is 0 Å². The van der Waals surface area contributed by atoms with Gasteiger partial charge in [-0.05, 0) is 26.0 Å². The predicted molar refractivity (Wildman–Crippen MR) is 71.9 cm³/mol. The number of carbonyl (C=O) groups is 1. The smallest absolute Gasteiger partial charge is 0.258 e. The van der Waals surface area contributed by atoms with Crippen molar-refractivity contribution >= 4 is 5.91 Å². The normalized spacial score (nSPS) is 10.4. The van der Waals surface area contributed by atoms with E-state index in [0.717, 1.165) is 25.4 Å². The van der Waals surface area contributed by atoms with E-state index in [4.69, 9.17) is 4.74 Å². The molecule has 0 aliphatic heterocycles. The van der Waals surface area contributed by atoms with Crippen LogP contribution in [0.15, 0.2) is 30.3 Å². The minimum absolute atomic E-state index is 0.0644. The molecule has 0 bridgehead atoms. The summed E-state index contributed by atoms with van der Waals surface area (Å²) in [5.41, 5.74) is 0. The molecule has 4 heteroatoms. The van der Waals surface area contributed by atoms with Crippen molar-refractivity contribution in [2.45, 2.75) is 13.8 Å². The third kappa shape index (κ3) is 5.68. The van der Waals surface area contributed by atoms with Crippen molar-refractivity contribution in [1.82, 2.24) is 5.32 Å². The number of amides is 1. The Bertz CT molecular complexity index is 337. The average molecular weight is 251 g/mol. The van der Waals surface area contributed by atoms with Crippen LogP contribution < -0.4 is 15.0 Å². The summed E-state index contributed by atoms with van der Waals surface area (Å²) in [5, 5.41) is 2.87. The maximum atomic E-state index is 11.5. The summed E-state index contributed by atoms with van der Waals surface area (Å²) in [7, 11) is 0.